The number of H-pyrrole nitrogens is 1. The number of aromatic nitrogens is 2. The molecule has 0 spiro atoms. The third-order valence-electron chi connectivity index (χ3n) is 5.93. The molecular formula is C25H28N4O3. The summed E-state index contributed by atoms with van der Waals surface area (Å²) in [6.07, 6.45) is 8.97. The average molecular weight is 433 g/mol. The predicted molar refractivity (Wildman–Crippen MR) is 124 cm³/mol. The maximum atomic E-state index is 12.9. The van der Waals surface area contributed by atoms with Gasteiger partial charge in [0.05, 0.1) is 7.11 Å². The van der Waals surface area contributed by atoms with E-state index in [0.29, 0.717) is 11.8 Å². The molecule has 0 aliphatic heterocycles. The van der Waals surface area contributed by atoms with Gasteiger partial charge in [-0.2, -0.15) is 0 Å². The molecule has 2 aromatic heterocycles. The number of nitrogens with one attached hydrogen (secondary N) is 3. The predicted octanol–water partition coefficient (Wildman–Crippen LogP) is 3.28. The maximum absolute atomic E-state index is 12.9. The van der Waals surface area contributed by atoms with Crippen LogP contribution in [0.2, 0.25) is 0 Å². The van der Waals surface area contributed by atoms with Crippen molar-refractivity contribution in [3.05, 3.63) is 82.5 Å². The normalized spacial score (nSPS) is 18.2. The standard InChI is InChI=1S/C25H28N4O3/c1-32-22-6-2-5-18(12-22)19-13-23(24(30)28-16-19)25(31)29-21-9-7-20(8-10-21)27-15-17-4-3-11-26-14-17/h2-6,11-14,16,20-21,27H,7-10,15H2,1H3,(H,28,30)(H,29,31). The van der Waals surface area contributed by atoms with Gasteiger partial charge in [-0.15, -0.1) is 0 Å². The van der Waals surface area contributed by atoms with Crippen LogP contribution in [0.15, 0.2) is 65.8 Å². The van der Waals surface area contributed by atoms with Crippen molar-refractivity contribution in [1.82, 2.24) is 20.6 Å². The van der Waals surface area contributed by atoms with E-state index in [1.54, 1.807) is 25.6 Å². The first kappa shape index (κ1) is 21.8. The Morgan fingerprint density at radius 1 is 1.09 bits per heavy atom. The van der Waals surface area contributed by atoms with E-state index in [-0.39, 0.29) is 23.1 Å². The highest BCUT2D eigenvalue weighted by Crippen LogP contribution is 2.24. The van der Waals surface area contributed by atoms with Crippen molar-refractivity contribution in [2.24, 2.45) is 0 Å². The first-order valence-electron chi connectivity index (χ1n) is 10.9. The second kappa shape index (κ2) is 10.2. The number of rotatable bonds is 7. The summed E-state index contributed by atoms with van der Waals surface area (Å²) in [6.45, 7) is 0.794. The van der Waals surface area contributed by atoms with Crippen LogP contribution in [0.3, 0.4) is 0 Å². The van der Waals surface area contributed by atoms with Crippen LogP contribution in [0.5, 0.6) is 5.75 Å². The Morgan fingerprint density at radius 3 is 2.66 bits per heavy atom. The van der Waals surface area contributed by atoms with Gasteiger partial charge < -0.3 is 20.4 Å². The van der Waals surface area contributed by atoms with Crippen LogP contribution in [0.4, 0.5) is 0 Å². The topological polar surface area (TPSA) is 96.1 Å². The minimum atomic E-state index is -0.388. The molecule has 1 aliphatic rings. The maximum Gasteiger partial charge on any atom is 0.260 e. The van der Waals surface area contributed by atoms with E-state index in [0.717, 1.165) is 48.9 Å². The summed E-state index contributed by atoms with van der Waals surface area (Å²) in [5, 5.41) is 6.62. The molecule has 0 unspecified atom stereocenters. The molecule has 7 heteroatoms. The van der Waals surface area contributed by atoms with Gasteiger partial charge >= 0.3 is 0 Å². The third kappa shape index (κ3) is 5.42. The monoisotopic (exact) mass is 432 g/mol. The Balaban J connectivity index is 1.34. The Labute approximate surface area is 187 Å². The molecule has 0 atom stereocenters. The molecule has 1 amide bonds. The van der Waals surface area contributed by atoms with Gasteiger partial charge in [-0.25, -0.2) is 0 Å². The quantitative estimate of drug-likeness (QED) is 0.533. The fourth-order valence-corrected chi connectivity index (χ4v) is 4.09. The SMILES string of the molecule is COc1cccc(-c2c[nH]c(=O)c(C(=O)NC3CCC(NCc4cccnc4)CC3)c2)c1. The number of methoxy groups -OCH3 is 1. The highest BCUT2D eigenvalue weighted by Gasteiger charge is 2.23. The van der Waals surface area contributed by atoms with Crippen LogP contribution in [-0.2, 0) is 6.54 Å². The van der Waals surface area contributed by atoms with E-state index in [2.05, 4.69) is 26.7 Å². The number of pyridine rings is 2. The smallest absolute Gasteiger partial charge is 0.260 e. The van der Waals surface area contributed by atoms with E-state index in [1.165, 1.54) is 0 Å². The summed E-state index contributed by atoms with van der Waals surface area (Å²) in [7, 11) is 1.61. The molecule has 1 aromatic carbocycles. The first-order valence-corrected chi connectivity index (χ1v) is 10.9. The van der Waals surface area contributed by atoms with Crippen LogP contribution in [0.1, 0.15) is 41.6 Å². The van der Waals surface area contributed by atoms with Crippen molar-refractivity contribution in [2.75, 3.05) is 7.11 Å². The molecule has 2 heterocycles. The molecule has 0 radical (unpaired) electrons. The lowest BCUT2D eigenvalue weighted by molar-refractivity contribution is 0.0922. The summed E-state index contributed by atoms with van der Waals surface area (Å²) < 4.78 is 5.27. The number of benzene rings is 1. The van der Waals surface area contributed by atoms with Gasteiger partial charge in [0.1, 0.15) is 11.3 Å². The van der Waals surface area contributed by atoms with Gasteiger partial charge in [0.15, 0.2) is 0 Å². The van der Waals surface area contributed by atoms with Crippen molar-refractivity contribution in [1.29, 1.82) is 0 Å². The van der Waals surface area contributed by atoms with Crippen molar-refractivity contribution in [2.45, 2.75) is 44.3 Å². The van der Waals surface area contributed by atoms with Crippen molar-refractivity contribution < 1.29 is 9.53 Å². The second-order valence-electron chi connectivity index (χ2n) is 8.13. The Hall–Kier alpha value is -3.45. The molecule has 7 nitrogen and oxygen atoms in total. The molecular weight excluding hydrogens is 404 g/mol. The number of hydrogen-bond acceptors (Lipinski definition) is 5. The number of aromatic amines is 1. The van der Waals surface area contributed by atoms with E-state index in [1.807, 2.05) is 36.5 Å². The second-order valence-corrected chi connectivity index (χ2v) is 8.13. The van der Waals surface area contributed by atoms with Crippen molar-refractivity contribution in [3.8, 4) is 16.9 Å². The minimum Gasteiger partial charge on any atom is -0.497 e. The Morgan fingerprint density at radius 2 is 1.91 bits per heavy atom. The zero-order valence-corrected chi connectivity index (χ0v) is 18.1. The molecule has 32 heavy (non-hydrogen) atoms. The lowest BCUT2D eigenvalue weighted by atomic mass is 9.91. The van der Waals surface area contributed by atoms with Crippen LogP contribution in [0.25, 0.3) is 11.1 Å². The molecule has 0 bridgehead atoms. The van der Waals surface area contributed by atoms with Crippen LogP contribution in [-0.4, -0.2) is 35.1 Å². The zero-order valence-electron chi connectivity index (χ0n) is 18.1. The van der Waals surface area contributed by atoms with Gasteiger partial charge in [0.2, 0.25) is 0 Å². The van der Waals surface area contributed by atoms with Gasteiger partial charge in [-0.3, -0.25) is 14.6 Å². The highest BCUT2D eigenvalue weighted by molar-refractivity contribution is 5.95. The number of nitrogens with zero attached hydrogens (tertiary/aromatic N) is 1. The Kier molecular flexibility index (Phi) is 6.97. The summed E-state index contributed by atoms with van der Waals surface area (Å²) in [5.41, 5.74) is 2.54. The number of amides is 1. The van der Waals surface area contributed by atoms with Crippen LogP contribution >= 0.6 is 0 Å². The summed E-state index contributed by atoms with van der Waals surface area (Å²) >= 11 is 0. The molecule has 4 rings (SSSR count). The fourth-order valence-electron chi connectivity index (χ4n) is 4.09. The number of ether oxygens (including phenoxy) is 1. The third-order valence-corrected chi connectivity index (χ3v) is 5.93. The first-order chi connectivity index (χ1) is 15.6. The molecule has 1 fully saturated rings. The number of hydrogen-bond donors (Lipinski definition) is 3. The van der Waals surface area contributed by atoms with Crippen LogP contribution in [0, 0.1) is 0 Å². The lowest BCUT2D eigenvalue weighted by Crippen LogP contribution is -2.43. The van der Waals surface area contributed by atoms with Gasteiger partial charge in [0, 0.05) is 37.2 Å². The van der Waals surface area contributed by atoms with E-state index < -0.39 is 0 Å². The van der Waals surface area contributed by atoms with Crippen molar-refractivity contribution >= 4 is 5.91 Å². The highest BCUT2D eigenvalue weighted by atomic mass is 16.5. The number of carbonyl (C=O) groups is 1. The zero-order chi connectivity index (χ0) is 22.3. The minimum absolute atomic E-state index is 0.0683. The van der Waals surface area contributed by atoms with Crippen molar-refractivity contribution in [3.63, 3.8) is 0 Å². The summed E-state index contributed by atoms with van der Waals surface area (Å²) in [5.74, 6) is 0.386. The fraction of sp³-hybridized carbons (Fsp3) is 0.320. The van der Waals surface area contributed by atoms with E-state index in [4.69, 9.17) is 4.74 Å². The molecule has 1 aliphatic carbocycles. The van der Waals surface area contributed by atoms with Crippen LogP contribution < -0.4 is 20.9 Å². The molecule has 3 aromatic rings. The molecule has 1 saturated carbocycles. The number of carbonyl (C=O) groups excluding carboxylic acids is 1. The van der Waals surface area contributed by atoms with E-state index in [9.17, 15) is 9.59 Å². The molecule has 166 valence electrons. The summed E-state index contributed by atoms with van der Waals surface area (Å²) in [4.78, 5) is 32.0. The Bertz CT molecular complexity index is 1110. The average Bonchev–Trinajstić information content (AvgIpc) is 2.84. The van der Waals surface area contributed by atoms with Gasteiger partial charge in [-0.1, -0.05) is 18.2 Å². The van der Waals surface area contributed by atoms with E-state index >= 15 is 0 Å². The molecule has 3 N–H and O–H groups in total. The lowest BCUT2D eigenvalue weighted by Gasteiger charge is -2.29. The molecule has 0 saturated heterocycles. The largest absolute Gasteiger partial charge is 0.497 e. The van der Waals surface area contributed by atoms with Gasteiger partial charge in [0.25, 0.3) is 11.5 Å². The summed E-state index contributed by atoms with van der Waals surface area (Å²) in [6, 6.07) is 13.6. The van der Waals surface area contributed by atoms with Gasteiger partial charge in [-0.05, 0) is 66.6 Å².